The molecule has 1 heterocycles. The van der Waals surface area contributed by atoms with Crippen LogP contribution in [-0.2, 0) is 44.7 Å². The molecule has 1 atom stereocenters. The lowest BCUT2D eigenvalue weighted by Gasteiger charge is -2.17. The molecular weight excluding hydrogens is 396 g/mol. The van der Waals surface area contributed by atoms with E-state index in [0.717, 1.165) is 35.2 Å². The number of methoxy groups -OCH3 is 2. The number of ether oxygens (including phenoxy) is 4. The molecule has 0 saturated heterocycles. The fourth-order valence-electron chi connectivity index (χ4n) is 2.32. The second-order valence-corrected chi connectivity index (χ2v) is 5.79. The first-order chi connectivity index (χ1) is 14.4. The Morgan fingerprint density at radius 2 is 1.53 bits per heavy atom. The smallest absolute Gasteiger partial charge is 0.331 e. The highest BCUT2D eigenvalue weighted by atomic mass is 16.6. The maximum Gasteiger partial charge on any atom is 0.331 e. The summed E-state index contributed by atoms with van der Waals surface area (Å²) < 4.78 is 20.7. The average molecular weight is 416 g/mol. The van der Waals surface area contributed by atoms with Gasteiger partial charge in [-0.15, -0.1) is 0 Å². The van der Waals surface area contributed by atoms with Crippen molar-refractivity contribution >= 4 is 34.8 Å². The van der Waals surface area contributed by atoms with Crippen molar-refractivity contribution in [2.45, 2.75) is 12.6 Å². The van der Waals surface area contributed by atoms with E-state index in [4.69, 9.17) is 9.47 Å². The van der Waals surface area contributed by atoms with Crippen LogP contribution < -0.4 is 0 Å². The minimum atomic E-state index is -0.918. The zero-order chi connectivity index (χ0) is 21.9. The van der Waals surface area contributed by atoms with Crippen LogP contribution in [0.2, 0.25) is 0 Å². The first-order valence-corrected chi connectivity index (χ1v) is 8.73. The van der Waals surface area contributed by atoms with E-state index in [1.54, 1.807) is 10.9 Å². The van der Waals surface area contributed by atoms with E-state index in [9.17, 15) is 19.2 Å². The van der Waals surface area contributed by atoms with Crippen molar-refractivity contribution in [2.75, 3.05) is 20.8 Å². The molecule has 0 radical (unpaired) electrons. The molecule has 2 aromatic rings. The summed E-state index contributed by atoms with van der Waals surface area (Å²) in [4.78, 5) is 45.9. The Morgan fingerprint density at radius 3 is 2.20 bits per heavy atom. The monoisotopic (exact) mass is 416 g/mol. The number of benzene rings is 1. The van der Waals surface area contributed by atoms with Gasteiger partial charge in [0.1, 0.15) is 6.61 Å². The van der Waals surface area contributed by atoms with E-state index in [1.165, 1.54) is 14.2 Å². The van der Waals surface area contributed by atoms with Gasteiger partial charge in [0, 0.05) is 29.7 Å². The minimum Gasteiger partial charge on any atom is -0.466 e. The molecule has 0 aliphatic carbocycles. The molecule has 1 unspecified atom stereocenters. The first-order valence-electron chi connectivity index (χ1n) is 8.73. The molecule has 0 amide bonds. The molecule has 0 fully saturated rings. The molecule has 2 rings (SSSR count). The van der Waals surface area contributed by atoms with Crippen molar-refractivity contribution in [1.82, 2.24) is 9.78 Å². The molecule has 10 heteroatoms. The SMILES string of the molecule is COC(=O)/C=C/C(=O)OCC(Cn1ncc2ccccc21)OC(=O)/C=C/C(=O)OC. The van der Waals surface area contributed by atoms with Crippen molar-refractivity contribution in [1.29, 1.82) is 0 Å². The number of carbonyl (C=O) groups excluding carboxylic acids is 4. The molecule has 0 bridgehead atoms. The second kappa shape index (κ2) is 11.1. The van der Waals surface area contributed by atoms with Crippen LogP contribution in [0, 0.1) is 0 Å². The Morgan fingerprint density at radius 1 is 0.933 bits per heavy atom. The van der Waals surface area contributed by atoms with Gasteiger partial charge < -0.3 is 18.9 Å². The normalized spacial score (nSPS) is 12.1. The van der Waals surface area contributed by atoms with Crippen molar-refractivity contribution in [3.63, 3.8) is 0 Å². The molecule has 0 saturated carbocycles. The molecule has 0 N–H and O–H groups in total. The highest BCUT2D eigenvalue weighted by molar-refractivity contribution is 5.92. The van der Waals surface area contributed by atoms with Gasteiger partial charge >= 0.3 is 23.9 Å². The van der Waals surface area contributed by atoms with Crippen LogP contribution >= 0.6 is 0 Å². The molecule has 158 valence electrons. The predicted molar refractivity (Wildman–Crippen MR) is 103 cm³/mol. The third kappa shape index (κ3) is 6.89. The van der Waals surface area contributed by atoms with Crippen molar-refractivity contribution in [2.24, 2.45) is 0 Å². The fourth-order valence-corrected chi connectivity index (χ4v) is 2.32. The molecule has 0 aliphatic rings. The highest BCUT2D eigenvalue weighted by Crippen LogP contribution is 2.14. The summed E-state index contributed by atoms with van der Waals surface area (Å²) in [6, 6.07) is 7.40. The Labute approximate surface area is 171 Å². The van der Waals surface area contributed by atoms with E-state index in [0.29, 0.717) is 0 Å². The number of esters is 4. The Balaban J connectivity index is 2.09. The Hall–Kier alpha value is -3.95. The van der Waals surface area contributed by atoms with Crippen LogP contribution in [0.3, 0.4) is 0 Å². The number of para-hydroxylation sites is 1. The van der Waals surface area contributed by atoms with Gasteiger partial charge in [-0.25, -0.2) is 19.2 Å². The topological polar surface area (TPSA) is 123 Å². The van der Waals surface area contributed by atoms with Gasteiger partial charge in [-0.1, -0.05) is 18.2 Å². The molecule has 30 heavy (non-hydrogen) atoms. The van der Waals surface area contributed by atoms with Gasteiger partial charge in [-0.2, -0.15) is 5.10 Å². The third-order valence-electron chi connectivity index (χ3n) is 3.74. The van der Waals surface area contributed by atoms with Crippen LogP contribution in [0.4, 0.5) is 0 Å². The van der Waals surface area contributed by atoms with Crippen molar-refractivity contribution < 1.29 is 38.1 Å². The van der Waals surface area contributed by atoms with Crippen LogP contribution in [0.5, 0.6) is 0 Å². The zero-order valence-electron chi connectivity index (χ0n) is 16.3. The number of aromatic nitrogens is 2. The summed E-state index contributed by atoms with van der Waals surface area (Å²) in [6.45, 7) is -0.227. The number of hydrogen-bond acceptors (Lipinski definition) is 9. The zero-order valence-corrected chi connectivity index (χ0v) is 16.3. The summed E-state index contributed by atoms with van der Waals surface area (Å²) in [6.07, 6.45) is 4.34. The summed E-state index contributed by atoms with van der Waals surface area (Å²) in [5.41, 5.74) is 0.792. The Kier molecular flexibility index (Phi) is 8.30. The van der Waals surface area contributed by atoms with Gasteiger partial charge in [-0.05, 0) is 6.07 Å². The lowest BCUT2D eigenvalue weighted by atomic mass is 10.2. The summed E-state index contributed by atoms with van der Waals surface area (Å²) in [5, 5.41) is 5.13. The lowest BCUT2D eigenvalue weighted by Crippen LogP contribution is -2.29. The number of carbonyl (C=O) groups is 4. The van der Waals surface area contributed by atoms with Gasteiger partial charge in [-0.3, -0.25) is 4.68 Å². The van der Waals surface area contributed by atoms with E-state index >= 15 is 0 Å². The van der Waals surface area contributed by atoms with Crippen LogP contribution in [0.1, 0.15) is 0 Å². The lowest BCUT2D eigenvalue weighted by molar-refractivity contribution is -0.153. The summed E-state index contributed by atoms with van der Waals surface area (Å²) >= 11 is 0. The maximum absolute atomic E-state index is 12.0. The van der Waals surface area contributed by atoms with Gasteiger partial charge in [0.2, 0.25) is 0 Å². The average Bonchev–Trinajstić information content (AvgIpc) is 3.16. The summed E-state index contributed by atoms with van der Waals surface area (Å²) in [5.74, 6) is -3.09. The molecule has 10 nitrogen and oxygen atoms in total. The predicted octanol–water partition coefficient (Wildman–Crippen LogP) is 0.950. The van der Waals surface area contributed by atoms with Crippen molar-refractivity contribution in [3.8, 4) is 0 Å². The number of fused-ring (bicyclic) bond motifs is 1. The highest BCUT2D eigenvalue weighted by Gasteiger charge is 2.18. The first kappa shape index (κ1) is 22.3. The van der Waals surface area contributed by atoms with E-state index in [-0.39, 0.29) is 13.2 Å². The van der Waals surface area contributed by atoms with Crippen molar-refractivity contribution in [3.05, 3.63) is 54.8 Å². The maximum atomic E-state index is 12.0. The quantitative estimate of drug-likeness (QED) is 0.334. The van der Waals surface area contributed by atoms with E-state index in [1.807, 2.05) is 24.3 Å². The third-order valence-corrected chi connectivity index (χ3v) is 3.74. The van der Waals surface area contributed by atoms with Crippen LogP contribution in [-0.4, -0.2) is 60.6 Å². The number of hydrogen-bond donors (Lipinski definition) is 0. The molecule has 0 aliphatic heterocycles. The molecule has 1 aromatic carbocycles. The largest absolute Gasteiger partial charge is 0.466 e. The minimum absolute atomic E-state index is 0.0827. The Bertz CT molecular complexity index is 976. The van der Waals surface area contributed by atoms with Crippen LogP contribution in [0.15, 0.2) is 54.8 Å². The van der Waals surface area contributed by atoms with E-state index < -0.39 is 30.0 Å². The second-order valence-electron chi connectivity index (χ2n) is 5.79. The van der Waals surface area contributed by atoms with Gasteiger partial charge in [0.15, 0.2) is 6.10 Å². The molecule has 1 aromatic heterocycles. The standard InChI is InChI=1S/C20H20N2O8/c1-27-17(23)7-9-19(25)29-13-15(30-20(26)10-8-18(24)28-2)12-22-16-6-4-3-5-14(16)11-21-22/h3-11,15H,12-13H2,1-2H3/b9-7+,10-8+. The van der Waals surface area contributed by atoms with Gasteiger partial charge in [0.25, 0.3) is 0 Å². The molecule has 0 spiro atoms. The number of rotatable bonds is 9. The fraction of sp³-hybridized carbons (Fsp3) is 0.250. The number of nitrogens with zero attached hydrogens (tertiary/aromatic N) is 2. The van der Waals surface area contributed by atoms with Crippen LogP contribution in [0.25, 0.3) is 10.9 Å². The van der Waals surface area contributed by atoms with Gasteiger partial charge in [0.05, 0.1) is 32.5 Å². The molecular formula is C20H20N2O8. The summed E-state index contributed by atoms with van der Waals surface area (Å²) in [7, 11) is 2.34. The van der Waals surface area contributed by atoms with E-state index in [2.05, 4.69) is 14.6 Å².